The van der Waals surface area contributed by atoms with E-state index in [0.29, 0.717) is 12.9 Å². The minimum atomic E-state index is -0.643. The second-order valence-electron chi connectivity index (χ2n) is 3.10. The molecule has 0 N–H and O–H groups in total. The summed E-state index contributed by atoms with van der Waals surface area (Å²) in [5.74, 6) is 0.00707. The summed E-state index contributed by atoms with van der Waals surface area (Å²) < 4.78 is 14.8. The van der Waals surface area contributed by atoms with E-state index in [-0.39, 0.29) is 0 Å². The number of carbonyl (C=O) groups is 1. The van der Waals surface area contributed by atoms with E-state index >= 15 is 0 Å². The van der Waals surface area contributed by atoms with Crippen molar-refractivity contribution in [2.45, 2.75) is 10.9 Å². The number of hydrogen-bond acceptors (Lipinski definition) is 5. The number of benzene rings is 1. The van der Waals surface area contributed by atoms with Crippen LogP contribution in [0.3, 0.4) is 0 Å². The molecule has 1 unspecified atom stereocenters. The van der Waals surface area contributed by atoms with Crippen LogP contribution >= 0.6 is 11.8 Å². The summed E-state index contributed by atoms with van der Waals surface area (Å²) in [4.78, 5) is 16.3. The molecule has 1 atom stereocenters. The Morgan fingerprint density at radius 3 is 2.82 bits per heavy atom. The summed E-state index contributed by atoms with van der Waals surface area (Å²) in [5, 5.41) is 0. The van der Waals surface area contributed by atoms with Crippen LogP contribution in [-0.4, -0.2) is 38.1 Å². The summed E-state index contributed by atoms with van der Waals surface area (Å²) in [6, 6.07) is 9.02. The van der Waals surface area contributed by atoms with Gasteiger partial charge in [0, 0.05) is 0 Å². The van der Waals surface area contributed by atoms with Gasteiger partial charge in [0.25, 0.3) is 0 Å². The number of rotatable bonds is 6. The van der Waals surface area contributed by atoms with Crippen LogP contribution in [0.1, 0.15) is 0 Å². The molecule has 0 aliphatic carbocycles. The van der Waals surface area contributed by atoms with Gasteiger partial charge in [0.2, 0.25) is 0 Å². The van der Waals surface area contributed by atoms with Crippen molar-refractivity contribution in [2.75, 3.05) is 12.9 Å². The molecule has 1 aromatic carbocycles. The fraction of sp³-hybridized carbons (Fsp3) is 0.273. The van der Waals surface area contributed by atoms with Crippen LogP contribution < -0.4 is 0 Å². The van der Waals surface area contributed by atoms with Crippen LogP contribution in [0.15, 0.2) is 40.2 Å². The molecule has 0 aliphatic heterocycles. The molecule has 0 amide bonds. The van der Waals surface area contributed by atoms with E-state index in [1.807, 2.05) is 30.3 Å². The van der Waals surface area contributed by atoms with Crippen molar-refractivity contribution in [1.82, 2.24) is 0 Å². The summed E-state index contributed by atoms with van der Waals surface area (Å²) in [5.41, 5.74) is 0. The molecule has 0 bridgehead atoms. The zero-order valence-electron chi connectivity index (χ0n) is 9.41. The van der Waals surface area contributed by atoms with E-state index in [2.05, 4.69) is 9.73 Å². The van der Waals surface area contributed by atoms with E-state index < -0.39 is 12.0 Å². The van der Waals surface area contributed by atoms with Crippen molar-refractivity contribution >= 4 is 31.0 Å². The predicted octanol–water partition coefficient (Wildman–Crippen LogP) is 1.40. The Balaban J connectivity index is 2.58. The van der Waals surface area contributed by atoms with Crippen molar-refractivity contribution in [1.29, 1.82) is 0 Å². The monoisotopic (exact) mass is 249 g/mol. The van der Waals surface area contributed by atoms with Gasteiger partial charge in [0.1, 0.15) is 0 Å². The third kappa shape index (κ3) is 4.95. The standard InChI is InChI=1S/C11H12BNO3S/c1-16-11(14)10(13-8-12-15)7-17-9-5-3-2-4-6-9/h2-6,8,10H,7H2,1H3. The molecular weight excluding hydrogens is 237 g/mol. The molecule has 0 saturated carbocycles. The third-order valence-electron chi connectivity index (χ3n) is 1.95. The number of hydrogen-bond donors (Lipinski definition) is 0. The Hall–Kier alpha value is -1.43. The summed E-state index contributed by atoms with van der Waals surface area (Å²) >= 11 is 1.49. The zero-order chi connectivity index (χ0) is 12.5. The van der Waals surface area contributed by atoms with Gasteiger partial charge in [0.05, 0.1) is 0 Å². The summed E-state index contributed by atoms with van der Waals surface area (Å²) in [6.45, 7) is 0. The zero-order valence-corrected chi connectivity index (χ0v) is 10.2. The Labute approximate surface area is 105 Å². The first-order chi connectivity index (χ1) is 8.27. The quantitative estimate of drug-likeness (QED) is 0.331. The molecule has 1 rings (SSSR count). The van der Waals surface area contributed by atoms with Gasteiger partial charge in [-0.2, -0.15) is 0 Å². The fourth-order valence-corrected chi connectivity index (χ4v) is 2.06. The van der Waals surface area contributed by atoms with Crippen LogP contribution in [0.5, 0.6) is 0 Å². The summed E-state index contributed by atoms with van der Waals surface area (Å²) in [6.07, 6.45) is 1.08. The van der Waals surface area contributed by atoms with Crippen molar-refractivity contribution in [3.63, 3.8) is 0 Å². The van der Waals surface area contributed by atoms with Gasteiger partial charge >= 0.3 is 104 Å². The van der Waals surface area contributed by atoms with E-state index in [4.69, 9.17) is 0 Å². The van der Waals surface area contributed by atoms with Gasteiger partial charge in [-0.25, -0.2) is 0 Å². The predicted molar refractivity (Wildman–Crippen MR) is 67.9 cm³/mol. The fourth-order valence-electron chi connectivity index (χ4n) is 1.14. The normalized spacial score (nSPS) is 12.1. The molecule has 1 aromatic rings. The van der Waals surface area contributed by atoms with E-state index in [1.165, 1.54) is 18.9 Å². The molecule has 0 heterocycles. The molecular formula is C11H12BNO3S. The van der Waals surface area contributed by atoms with Crippen molar-refractivity contribution in [2.24, 2.45) is 4.99 Å². The SMILES string of the molecule is COC(=O)C(CSc1ccccc1)N=CB=O. The van der Waals surface area contributed by atoms with E-state index in [9.17, 15) is 9.50 Å². The van der Waals surface area contributed by atoms with Gasteiger partial charge in [0.15, 0.2) is 0 Å². The number of carbonyl (C=O) groups excluding carboxylic acids is 1. The molecule has 0 spiro atoms. The third-order valence-corrected chi connectivity index (χ3v) is 3.04. The number of methoxy groups -OCH3 is 1. The Bertz CT molecular complexity index is 397. The molecule has 4 nitrogen and oxygen atoms in total. The molecule has 0 fully saturated rings. The Kier molecular flexibility index (Phi) is 6.25. The molecule has 0 saturated heterocycles. The van der Waals surface area contributed by atoms with Crippen LogP contribution in [0.4, 0.5) is 0 Å². The first kappa shape index (κ1) is 13.6. The molecule has 88 valence electrons. The van der Waals surface area contributed by atoms with Crippen LogP contribution in [0, 0.1) is 0 Å². The second-order valence-corrected chi connectivity index (χ2v) is 4.19. The van der Waals surface area contributed by atoms with Crippen molar-refractivity contribution < 1.29 is 14.2 Å². The number of thioether (sulfide) groups is 1. The van der Waals surface area contributed by atoms with Gasteiger partial charge in [-0.1, -0.05) is 0 Å². The van der Waals surface area contributed by atoms with E-state index in [0.717, 1.165) is 11.0 Å². The van der Waals surface area contributed by atoms with Crippen molar-refractivity contribution in [3.05, 3.63) is 30.3 Å². The summed E-state index contributed by atoms with van der Waals surface area (Å²) in [7, 11) is 1.85. The molecule has 0 aliphatic rings. The van der Waals surface area contributed by atoms with Gasteiger partial charge in [-0.15, -0.1) is 0 Å². The number of aliphatic imine (C=N–C) groups is 1. The molecule has 0 radical (unpaired) electrons. The minimum absolute atomic E-state index is 0.438. The molecule has 0 aromatic heterocycles. The van der Waals surface area contributed by atoms with Gasteiger partial charge in [-0.05, 0) is 0 Å². The average molecular weight is 249 g/mol. The first-order valence-corrected chi connectivity index (χ1v) is 5.99. The molecule has 17 heavy (non-hydrogen) atoms. The van der Waals surface area contributed by atoms with Gasteiger partial charge < -0.3 is 0 Å². The number of ether oxygens (including phenoxy) is 1. The van der Waals surface area contributed by atoms with Gasteiger partial charge in [-0.3, -0.25) is 0 Å². The number of nitrogens with zero attached hydrogens (tertiary/aromatic N) is 1. The number of esters is 1. The Morgan fingerprint density at radius 2 is 2.24 bits per heavy atom. The Morgan fingerprint density at radius 1 is 1.53 bits per heavy atom. The van der Waals surface area contributed by atoms with Crippen LogP contribution in [0.2, 0.25) is 0 Å². The second kappa shape index (κ2) is 7.78. The van der Waals surface area contributed by atoms with Crippen LogP contribution in [0.25, 0.3) is 0 Å². The maximum atomic E-state index is 11.4. The van der Waals surface area contributed by atoms with Crippen LogP contribution in [-0.2, 0) is 14.2 Å². The molecule has 6 heteroatoms. The topological polar surface area (TPSA) is 55.7 Å². The van der Waals surface area contributed by atoms with E-state index in [1.54, 1.807) is 0 Å². The maximum absolute atomic E-state index is 11.4. The van der Waals surface area contributed by atoms with Crippen molar-refractivity contribution in [3.8, 4) is 0 Å². The first-order valence-electron chi connectivity index (χ1n) is 5.00. The average Bonchev–Trinajstić information content (AvgIpc) is 2.39.